The summed E-state index contributed by atoms with van der Waals surface area (Å²) in [5, 5.41) is 10.5. The predicted molar refractivity (Wildman–Crippen MR) is 104 cm³/mol. The molecule has 2 aromatic carbocycles. The van der Waals surface area contributed by atoms with Gasteiger partial charge < -0.3 is 10.8 Å². The normalized spacial score (nSPS) is 14.5. The monoisotopic (exact) mass is 376 g/mol. The quantitative estimate of drug-likeness (QED) is 0.703. The Morgan fingerprint density at radius 3 is 2.04 bits per heavy atom. The number of nitrogens with two attached hydrogens (primary N) is 1. The van der Waals surface area contributed by atoms with Gasteiger partial charge in [-0.1, -0.05) is 62.4 Å². The van der Waals surface area contributed by atoms with Crippen LogP contribution in [0.2, 0.25) is 0 Å². The first-order valence-electron chi connectivity index (χ1n) is 8.83. The number of aliphatic hydroxyl groups is 1. The number of rotatable bonds is 9. The molecule has 2 aromatic rings. The van der Waals surface area contributed by atoms with Gasteiger partial charge >= 0.3 is 0 Å². The Bertz CT molecular complexity index is 764. The lowest BCUT2D eigenvalue weighted by Gasteiger charge is -2.28. The van der Waals surface area contributed by atoms with Crippen molar-refractivity contribution in [1.82, 2.24) is 4.31 Å². The van der Waals surface area contributed by atoms with Crippen molar-refractivity contribution in [3.05, 3.63) is 66.2 Å². The molecule has 2 rings (SSSR count). The van der Waals surface area contributed by atoms with Gasteiger partial charge in [0.15, 0.2) is 0 Å². The van der Waals surface area contributed by atoms with Gasteiger partial charge in [0.05, 0.1) is 11.0 Å². The molecule has 0 aliphatic rings. The third-order valence-electron chi connectivity index (χ3n) is 4.15. The number of nitrogens with zero attached hydrogens (tertiary/aromatic N) is 1. The van der Waals surface area contributed by atoms with E-state index in [4.69, 9.17) is 5.73 Å². The van der Waals surface area contributed by atoms with Crippen molar-refractivity contribution >= 4 is 10.0 Å². The second kappa shape index (κ2) is 9.28. The molecule has 0 saturated heterocycles. The molecule has 26 heavy (non-hydrogen) atoms. The molecule has 0 heterocycles. The Morgan fingerprint density at radius 2 is 1.50 bits per heavy atom. The molecule has 0 bridgehead atoms. The summed E-state index contributed by atoms with van der Waals surface area (Å²) in [6, 6.07) is 17.4. The van der Waals surface area contributed by atoms with Crippen molar-refractivity contribution in [1.29, 1.82) is 0 Å². The van der Waals surface area contributed by atoms with E-state index in [0.717, 1.165) is 5.56 Å². The fraction of sp³-hybridized carbons (Fsp3) is 0.400. The molecule has 0 spiro atoms. The number of hydrogen-bond acceptors (Lipinski definition) is 4. The van der Waals surface area contributed by atoms with E-state index in [1.807, 2.05) is 44.2 Å². The van der Waals surface area contributed by atoms with Crippen LogP contribution in [0.15, 0.2) is 65.6 Å². The van der Waals surface area contributed by atoms with Gasteiger partial charge in [-0.2, -0.15) is 4.31 Å². The summed E-state index contributed by atoms with van der Waals surface area (Å²) < 4.78 is 27.3. The molecule has 0 saturated carbocycles. The molecular formula is C20H28N2O3S. The molecule has 142 valence electrons. The topological polar surface area (TPSA) is 83.6 Å². The van der Waals surface area contributed by atoms with Crippen LogP contribution >= 0.6 is 0 Å². The molecule has 3 N–H and O–H groups in total. The molecule has 0 fully saturated rings. The van der Waals surface area contributed by atoms with Crippen molar-refractivity contribution in [2.45, 2.75) is 37.3 Å². The van der Waals surface area contributed by atoms with E-state index in [0.29, 0.717) is 13.0 Å². The van der Waals surface area contributed by atoms with E-state index in [1.54, 1.807) is 30.3 Å². The molecule has 0 aromatic heterocycles. The van der Waals surface area contributed by atoms with Crippen molar-refractivity contribution < 1.29 is 13.5 Å². The van der Waals surface area contributed by atoms with Crippen LogP contribution in [-0.2, 0) is 16.4 Å². The minimum absolute atomic E-state index is 0.0244. The zero-order valence-corrected chi connectivity index (χ0v) is 16.1. The fourth-order valence-corrected chi connectivity index (χ4v) is 4.43. The molecule has 0 aliphatic carbocycles. The van der Waals surface area contributed by atoms with Crippen molar-refractivity contribution in [3.8, 4) is 0 Å². The second-order valence-electron chi connectivity index (χ2n) is 6.95. The predicted octanol–water partition coefficient (Wildman–Crippen LogP) is 2.26. The maximum Gasteiger partial charge on any atom is 0.243 e. The lowest BCUT2D eigenvalue weighted by Crippen LogP contribution is -2.47. The second-order valence-corrected chi connectivity index (χ2v) is 8.89. The maximum atomic E-state index is 13.0. The highest BCUT2D eigenvalue weighted by Crippen LogP contribution is 2.18. The smallest absolute Gasteiger partial charge is 0.243 e. The Labute approximate surface area is 156 Å². The number of aliphatic hydroxyl groups excluding tert-OH is 1. The highest BCUT2D eigenvalue weighted by atomic mass is 32.2. The molecule has 0 amide bonds. The summed E-state index contributed by atoms with van der Waals surface area (Å²) in [5.74, 6) is 0.131. The molecule has 0 aliphatic heterocycles. The Balaban J connectivity index is 2.14. The van der Waals surface area contributed by atoms with E-state index in [9.17, 15) is 13.5 Å². The molecule has 2 atom stereocenters. The first kappa shape index (κ1) is 20.6. The molecule has 0 radical (unpaired) electrons. The highest BCUT2D eigenvalue weighted by Gasteiger charge is 2.29. The van der Waals surface area contributed by atoms with Crippen molar-refractivity contribution in [3.63, 3.8) is 0 Å². The summed E-state index contributed by atoms with van der Waals surface area (Å²) in [6.07, 6.45) is -0.462. The van der Waals surface area contributed by atoms with Gasteiger partial charge in [0.2, 0.25) is 10.0 Å². The zero-order valence-electron chi connectivity index (χ0n) is 15.3. The third-order valence-corrected chi connectivity index (χ3v) is 5.99. The van der Waals surface area contributed by atoms with Crippen LogP contribution in [0.1, 0.15) is 19.4 Å². The maximum absolute atomic E-state index is 13.0. The Kier molecular flexibility index (Phi) is 7.34. The van der Waals surface area contributed by atoms with E-state index in [2.05, 4.69) is 0 Å². The molecule has 6 heteroatoms. The lowest BCUT2D eigenvalue weighted by molar-refractivity contribution is 0.116. The van der Waals surface area contributed by atoms with Gasteiger partial charge in [0.25, 0.3) is 0 Å². The van der Waals surface area contributed by atoms with Crippen LogP contribution in [-0.4, -0.2) is 43.1 Å². The van der Waals surface area contributed by atoms with Crippen LogP contribution in [0, 0.1) is 5.92 Å². The van der Waals surface area contributed by atoms with Crippen molar-refractivity contribution in [2.24, 2.45) is 11.7 Å². The van der Waals surface area contributed by atoms with Gasteiger partial charge in [-0.25, -0.2) is 8.42 Å². The SMILES string of the molecule is CC(C)CN(C[C@@H](O)[C@@H](N)Cc1ccccc1)S(=O)(=O)c1ccccc1. The van der Waals surface area contributed by atoms with E-state index in [-0.39, 0.29) is 17.4 Å². The summed E-state index contributed by atoms with van der Waals surface area (Å²) in [5.41, 5.74) is 7.15. The fourth-order valence-electron chi connectivity index (χ4n) is 2.79. The van der Waals surface area contributed by atoms with Gasteiger partial charge in [-0.05, 0) is 30.0 Å². The molecule has 5 nitrogen and oxygen atoms in total. The summed E-state index contributed by atoms with van der Waals surface area (Å²) in [4.78, 5) is 0.226. The summed E-state index contributed by atoms with van der Waals surface area (Å²) >= 11 is 0. The van der Waals surface area contributed by atoms with E-state index < -0.39 is 22.2 Å². The lowest BCUT2D eigenvalue weighted by atomic mass is 10.0. The molecule has 0 unspecified atom stereocenters. The largest absolute Gasteiger partial charge is 0.390 e. The van der Waals surface area contributed by atoms with Gasteiger partial charge in [0, 0.05) is 19.1 Å². The average Bonchev–Trinajstić information content (AvgIpc) is 2.62. The molecular weight excluding hydrogens is 348 g/mol. The van der Waals surface area contributed by atoms with Crippen LogP contribution < -0.4 is 5.73 Å². The number of hydrogen-bond donors (Lipinski definition) is 2. The van der Waals surface area contributed by atoms with Gasteiger partial charge in [-0.3, -0.25) is 0 Å². The van der Waals surface area contributed by atoms with Crippen LogP contribution in [0.3, 0.4) is 0 Å². The Morgan fingerprint density at radius 1 is 0.962 bits per heavy atom. The van der Waals surface area contributed by atoms with Gasteiger partial charge in [0.1, 0.15) is 0 Å². The summed E-state index contributed by atoms with van der Waals surface area (Å²) in [6.45, 7) is 4.20. The standard InChI is InChI=1S/C20H28N2O3S/c1-16(2)14-22(26(24,25)18-11-7-4-8-12-18)15-20(23)19(21)13-17-9-5-3-6-10-17/h3-12,16,19-20,23H,13-15,21H2,1-2H3/t19-,20+/m0/s1. The first-order chi connectivity index (χ1) is 12.3. The number of benzene rings is 2. The van der Waals surface area contributed by atoms with Crippen LogP contribution in [0.5, 0.6) is 0 Å². The van der Waals surface area contributed by atoms with Gasteiger partial charge in [-0.15, -0.1) is 0 Å². The van der Waals surface area contributed by atoms with Crippen molar-refractivity contribution in [2.75, 3.05) is 13.1 Å². The van der Waals surface area contributed by atoms with E-state index >= 15 is 0 Å². The van der Waals surface area contributed by atoms with Crippen LogP contribution in [0.4, 0.5) is 0 Å². The first-order valence-corrected chi connectivity index (χ1v) is 10.3. The minimum Gasteiger partial charge on any atom is -0.390 e. The summed E-state index contributed by atoms with van der Waals surface area (Å²) in [7, 11) is -3.68. The van der Waals surface area contributed by atoms with E-state index in [1.165, 1.54) is 4.31 Å². The minimum atomic E-state index is -3.68. The average molecular weight is 377 g/mol. The zero-order chi connectivity index (χ0) is 19.2. The van der Waals surface area contributed by atoms with Crippen LogP contribution in [0.25, 0.3) is 0 Å². The third kappa shape index (κ3) is 5.64. The highest BCUT2D eigenvalue weighted by molar-refractivity contribution is 7.89. The Hall–Kier alpha value is -1.73. The number of sulfonamides is 1.